The minimum Gasteiger partial charge on any atom is -0.463 e. The van der Waals surface area contributed by atoms with Gasteiger partial charge in [-0.1, -0.05) is 6.58 Å². The Balaban J connectivity index is 2.24. The molecule has 1 fully saturated rings. The van der Waals surface area contributed by atoms with Crippen molar-refractivity contribution in [1.29, 1.82) is 0 Å². The summed E-state index contributed by atoms with van der Waals surface area (Å²) < 4.78 is 10.2. The van der Waals surface area contributed by atoms with Gasteiger partial charge in [0.25, 0.3) is 0 Å². The number of carbonyl (C=O) groups is 1. The molecule has 0 aromatic rings. The van der Waals surface area contributed by atoms with E-state index in [4.69, 9.17) is 9.47 Å². The molecule has 0 saturated carbocycles. The van der Waals surface area contributed by atoms with E-state index in [0.29, 0.717) is 30.7 Å². The van der Waals surface area contributed by atoms with E-state index < -0.39 is 0 Å². The van der Waals surface area contributed by atoms with Crippen LogP contribution in [0.15, 0.2) is 12.2 Å². The summed E-state index contributed by atoms with van der Waals surface area (Å²) in [6.45, 7) is 10.2. The maximum absolute atomic E-state index is 11.4. The molecular formula is C13H23NO3. The summed E-state index contributed by atoms with van der Waals surface area (Å²) in [5.74, 6) is 0.318. The molecule has 0 radical (unpaired) electrons. The third-order valence-corrected chi connectivity index (χ3v) is 3.17. The van der Waals surface area contributed by atoms with Gasteiger partial charge >= 0.3 is 5.97 Å². The van der Waals surface area contributed by atoms with E-state index in [1.165, 1.54) is 0 Å². The van der Waals surface area contributed by atoms with Gasteiger partial charge in [0.2, 0.25) is 0 Å². The van der Waals surface area contributed by atoms with Crippen LogP contribution in [0.1, 0.15) is 26.7 Å². The molecule has 0 bridgehead atoms. The Hall–Kier alpha value is -0.870. The predicted octanol–water partition coefficient (Wildman–Crippen LogP) is 1.51. The number of ether oxygens (including phenoxy) is 2. The van der Waals surface area contributed by atoms with Crippen LogP contribution in [0.5, 0.6) is 0 Å². The van der Waals surface area contributed by atoms with Crippen molar-refractivity contribution in [3.63, 3.8) is 0 Å². The van der Waals surface area contributed by atoms with Gasteiger partial charge in [-0.3, -0.25) is 0 Å². The van der Waals surface area contributed by atoms with Crippen LogP contribution in [-0.2, 0) is 14.3 Å². The van der Waals surface area contributed by atoms with Gasteiger partial charge in [0.15, 0.2) is 0 Å². The van der Waals surface area contributed by atoms with E-state index in [2.05, 4.69) is 18.8 Å². The van der Waals surface area contributed by atoms with Crippen LogP contribution in [0.25, 0.3) is 0 Å². The van der Waals surface area contributed by atoms with Crippen molar-refractivity contribution in [3.05, 3.63) is 12.2 Å². The van der Waals surface area contributed by atoms with E-state index in [1.807, 2.05) is 0 Å². The lowest BCUT2D eigenvalue weighted by Gasteiger charge is -2.28. The highest BCUT2D eigenvalue weighted by molar-refractivity contribution is 5.88. The number of carbonyl (C=O) groups excluding carboxylic acids is 1. The number of hydrogen-bond acceptors (Lipinski definition) is 4. The SMILES string of the molecule is C=C(CNC(C)C1CCOCC1)C(=O)OCC. The Bertz CT molecular complexity index is 259. The average molecular weight is 241 g/mol. The molecule has 1 rings (SSSR count). The van der Waals surface area contributed by atoms with Crippen LogP contribution >= 0.6 is 0 Å². The molecule has 0 aromatic heterocycles. The third-order valence-electron chi connectivity index (χ3n) is 3.17. The van der Waals surface area contributed by atoms with E-state index in [1.54, 1.807) is 6.92 Å². The number of nitrogens with one attached hydrogen (secondary N) is 1. The van der Waals surface area contributed by atoms with Crippen LogP contribution in [0, 0.1) is 5.92 Å². The summed E-state index contributed by atoms with van der Waals surface area (Å²) >= 11 is 0. The van der Waals surface area contributed by atoms with Crippen molar-refractivity contribution in [2.75, 3.05) is 26.4 Å². The summed E-state index contributed by atoms with van der Waals surface area (Å²) in [5, 5.41) is 3.34. The molecule has 1 saturated heterocycles. The first-order valence-corrected chi connectivity index (χ1v) is 6.31. The van der Waals surface area contributed by atoms with E-state index in [-0.39, 0.29) is 5.97 Å². The summed E-state index contributed by atoms with van der Waals surface area (Å²) in [6.07, 6.45) is 2.17. The Morgan fingerprint density at radius 1 is 1.53 bits per heavy atom. The van der Waals surface area contributed by atoms with Crippen molar-refractivity contribution < 1.29 is 14.3 Å². The fourth-order valence-electron chi connectivity index (χ4n) is 1.97. The van der Waals surface area contributed by atoms with Crippen molar-refractivity contribution in [2.45, 2.75) is 32.7 Å². The van der Waals surface area contributed by atoms with Crippen molar-refractivity contribution in [2.24, 2.45) is 5.92 Å². The highest BCUT2D eigenvalue weighted by atomic mass is 16.5. The van der Waals surface area contributed by atoms with Crippen molar-refractivity contribution in [3.8, 4) is 0 Å². The second-order valence-corrected chi connectivity index (χ2v) is 4.44. The van der Waals surface area contributed by atoms with Crippen LogP contribution in [0.4, 0.5) is 0 Å². The zero-order valence-electron chi connectivity index (χ0n) is 10.8. The number of rotatable bonds is 6. The quantitative estimate of drug-likeness (QED) is 0.565. The summed E-state index contributed by atoms with van der Waals surface area (Å²) in [4.78, 5) is 11.4. The number of esters is 1. The molecule has 1 unspecified atom stereocenters. The molecule has 4 heteroatoms. The van der Waals surface area contributed by atoms with Gasteiger partial charge in [0, 0.05) is 31.4 Å². The minimum atomic E-state index is -0.306. The lowest BCUT2D eigenvalue weighted by atomic mass is 9.93. The van der Waals surface area contributed by atoms with Gasteiger partial charge in [0.1, 0.15) is 0 Å². The largest absolute Gasteiger partial charge is 0.463 e. The standard InChI is InChI=1S/C13H23NO3/c1-4-17-13(15)10(2)9-14-11(3)12-5-7-16-8-6-12/h11-12,14H,2,4-9H2,1,3H3. The second kappa shape index (κ2) is 7.45. The third kappa shape index (κ3) is 4.88. The molecule has 1 heterocycles. The van der Waals surface area contributed by atoms with Crippen LogP contribution < -0.4 is 5.32 Å². The van der Waals surface area contributed by atoms with Crippen molar-refractivity contribution in [1.82, 2.24) is 5.32 Å². The van der Waals surface area contributed by atoms with Gasteiger partial charge in [-0.15, -0.1) is 0 Å². The highest BCUT2D eigenvalue weighted by Crippen LogP contribution is 2.18. The summed E-state index contributed by atoms with van der Waals surface area (Å²) in [5.41, 5.74) is 0.491. The first kappa shape index (κ1) is 14.2. The van der Waals surface area contributed by atoms with Gasteiger partial charge < -0.3 is 14.8 Å². The topological polar surface area (TPSA) is 47.6 Å². The minimum absolute atomic E-state index is 0.306. The number of hydrogen-bond donors (Lipinski definition) is 1. The Kier molecular flexibility index (Phi) is 6.22. The molecule has 1 aliphatic rings. The van der Waals surface area contributed by atoms with Crippen LogP contribution in [0.3, 0.4) is 0 Å². The fraction of sp³-hybridized carbons (Fsp3) is 0.769. The molecular weight excluding hydrogens is 218 g/mol. The van der Waals surface area contributed by atoms with Gasteiger partial charge in [-0.25, -0.2) is 4.79 Å². The normalized spacial score (nSPS) is 18.7. The summed E-state index contributed by atoms with van der Waals surface area (Å²) in [6, 6.07) is 0.380. The first-order chi connectivity index (χ1) is 8.15. The highest BCUT2D eigenvalue weighted by Gasteiger charge is 2.20. The second-order valence-electron chi connectivity index (χ2n) is 4.44. The Morgan fingerprint density at radius 2 is 2.18 bits per heavy atom. The molecule has 17 heavy (non-hydrogen) atoms. The maximum Gasteiger partial charge on any atom is 0.334 e. The first-order valence-electron chi connectivity index (χ1n) is 6.31. The van der Waals surface area contributed by atoms with Gasteiger partial charge in [0.05, 0.1) is 6.61 Å². The molecule has 0 aliphatic carbocycles. The van der Waals surface area contributed by atoms with Crippen LogP contribution in [-0.4, -0.2) is 38.4 Å². The Labute approximate surface area is 103 Å². The smallest absolute Gasteiger partial charge is 0.334 e. The molecule has 0 amide bonds. The van der Waals surface area contributed by atoms with Crippen LogP contribution in [0.2, 0.25) is 0 Å². The monoisotopic (exact) mass is 241 g/mol. The molecule has 0 aromatic carbocycles. The van der Waals surface area contributed by atoms with Gasteiger partial charge in [-0.05, 0) is 32.6 Å². The Morgan fingerprint density at radius 3 is 2.76 bits per heavy atom. The predicted molar refractivity (Wildman–Crippen MR) is 66.8 cm³/mol. The lowest BCUT2D eigenvalue weighted by molar-refractivity contribution is -0.138. The summed E-state index contributed by atoms with van der Waals surface area (Å²) in [7, 11) is 0. The fourth-order valence-corrected chi connectivity index (χ4v) is 1.97. The zero-order chi connectivity index (χ0) is 12.7. The molecule has 1 aliphatic heterocycles. The van der Waals surface area contributed by atoms with Crippen molar-refractivity contribution >= 4 is 5.97 Å². The molecule has 4 nitrogen and oxygen atoms in total. The van der Waals surface area contributed by atoms with E-state index in [9.17, 15) is 4.79 Å². The lowest BCUT2D eigenvalue weighted by Crippen LogP contribution is -2.38. The molecule has 1 N–H and O–H groups in total. The maximum atomic E-state index is 11.4. The van der Waals surface area contributed by atoms with E-state index in [0.717, 1.165) is 26.1 Å². The molecule has 98 valence electrons. The zero-order valence-corrected chi connectivity index (χ0v) is 10.8. The molecule has 0 spiro atoms. The molecule has 1 atom stereocenters. The van der Waals surface area contributed by atoms with E-state index >= 15 is 0 Å². The van der Waals surface area contributed by atoms with Gasteiger partial charge in [-0.2, -0.15) is 0 Å². The average Bonchev–Trinajstić information content (AvgIpc) is 2.36.